The highest BCUT2D eigenvalue weighted by atomic mass is 32.2. The van der Waals surface area contributed by atoms with Gasteiger partial charge >= 0.3 is 5.97 Å². The molecule has 1 aliphatic rings. The summed E-state index contributed by atoms with van der Waals surface area (Å²) >= 11 is 0. The normalized spacial score (nSPS) is 17.0. The van der Waals surface area contributed by atoms with Gasteiger partial charge in [0.05, 0.1) is 4.90 Å². The molecule has 0 radical (unpaired) electrons. The minimum absolute atomic E-state index is 0.0166. The van der Waals surface area contributed by atoms with Crippen molar-refractivity contribution in [1.29, 1.82) is 0 Å². The summed E-state index contributed by atoms with van der Waals surface area (Å²) in [4.78, 5) is 22.8. The number of piperidine rings is 1. The van der Waals surface area contributed by atoms with Gasteiger partial charge in [0.2, 0.25) is 10.0 Å². The molecule has 2 rings (SSSR count). The quantitative estimate of drug-likeness (QED) is 0.543. The molecule has 1 heterocycles. The second-order valence-corrected chi connectivity index (χ2v) is 7.87. The van der Waals surface area contributed by atoms with Crippen LogP contribution in [-0.4, -0.2) is 51.1 Å². The number of aliphatic carboxylic acids is 1. The molecule has 1 amide bonds. The molecule has 25 heavy (non-hydrogen) atoms. The van der Waals surface area contributed by atoms with Crippen molar-refractivity contribution in [2.45, 2.75) is 30.7 Å². The lowest BCUT2D eigenvalue weighted by Gasteiger charge is -2.22. The molecule has 1 aliphatic heterocycles. The SMILES string of the molecule is CC(NC(=O)c1cccc(S(=O)(=O)NCC2CCNCC2)c1)C(=O)O. The number of sulfonamides is 1. The molecular formula is C16H23N3O5S. The van der Waals surface area contributed by atoms with Gasteiger partial charge in [0.25, 0.3) is 5.91 Å². The largest absolute Gasteiger partial charge is 0.480 e. The maximum Gasteiger partial charge on any atom is 0.325 e. The molecule has 1 unspecified atom stereocenters. The summed E-state index contributed by atoms with van der Waals surface area (Å²) < 4.78 is 27.4. The predicted octanol–water partition coefficient (Wildman–Crippen LogP) is 0.167. The number of carbonyl (C=O) groups excluding carboxylic acids is 1. The molecule has 1 atom stereocenters. The Morgan fingerprint density at radius 2 is 2.00 bits per heavy atom. The highest BCUT2D eigenvalue weighted by Crippen LogP contribution is 2.14. The van der Waals surface area contributed by atoms with Crippen LogP contribution in [0.3, 0.4) is 0 Å². The van der Waals surface area contributed by atoms with Crippen molar-refractivity contribution in [3.8, 4) is 0 Å². The zero-order valence-electron chi connectivity index (χ0n) is 14.0. The van der Waals surface area contributed by atoms with Crippen LogP contribution in [0.4, 0.5) is 0 Å². The summed E-state index contributed by atoms with van der Waals surface area (Å²) in [5, 5.41) is 14.4. The van der Waals surface area contributed by atoms with E-state index in [1.54, 1.807) is 0 Å². The van der Waals surface area contributed by atoms with Crippen molar-refractivity contribution in [2.75, 3.05) is 19.6 Å². The predicted molar refractivity (Wildman–Crippen MR) is 91.8 cm³/mol. The summed E-state index contributed by atoms with van der Waals surface area (Å²) in [5.74, 6) is -1.51. The minimum atomic E-state index is -3.73. The second kappa shape index (κ2) is 8.41. The highest BCUT2D eigenvalue weighted by molar-refractivity contribution is 7.89. The average molecular weight is 369 g/mol. The average Bonchev–Trinajstić information content (AvgIpc) is 2.61. The van der Waals surface area contributed by atoms with Gasteiger partial charge in [0.1, 0.15) is 6.04 Å². The molecule has 1 saturated heterocycles. The van der Waals surface area contributed by atoms with E-state index in [2.05, 4.69) is 15.4 Å². The fourth-order valence-electron chi connectivity index (χ4n) is 2.54. The van der Waals surface area contributed by atoms with Crippen LogP contribution in [-0.2, 0) is 14.8 Å². The Kier molecular flexibility index (Phi) is 6.51. The first kappa shape index (κ1) is 19.4. The maximum atomic E-state index is 12.4. The van der Waals surface area contributed by atoms with Crippen LogP contribution in [0, 0.1) is 5.92 Å². The van der Waals surface area contributed by atoms with Crippen molar-refractivity contribution >= 4 is 21.9 Å². The molecule has 9 heteroatoms. The van der Waals surface area contributed by atoms with Gasteiger partial charge in [-0.05, 0) is 57.0 Å². The zero-order chi connectivity index (χ0) is 18.4. The van der Waals surface area contributed by atoms with E-state index in [4.69, 9.17) is 5.11 Å². The van der Waals surface area contributed by atoms with Crippen molar-refractivity contribution in [3.63, 3.8) is 0 Å². The Bertz CT molecular complexity index is 729. The highest BCUT2D eigenvalue weighted by Gasteiger charge is 2.21. The van der Waals surface area contributed by atoms with Crippen LogP contribution in [0.5, 0.6) is 0 Å². The molecule has 0 saturated carbocycles. The standard InChI is InChI=1S/C16H23N3O5S/c1-11(16(21)22)19-15(20)13-3-2-4-14(9-13)25(23,24)18-10-12-5-7-17-8-6-12/h2-4,9,11-12,17-18H,5-8,10H2,1H3,(H,19,20)(H,21,22). The Hall–Kier alpha value is -1.97. The molecule has 0 aliphatic carbocycles. The first-order valence-corrected chi connectivity index (χ1v) is 9.62. The fraction of sp³-hybridized carbons (Fsp3) is 0.500. The van der Waals surface area contributed by atoms with E-state index < -0.39 is 27.9 Å². The van der Waals surface area contributed by atoms with E-state index in [9.17, 15) is 18.0 Å². The number of hydrogen-bond donors (Lipinski definition) is 4. The van der Waals surface area contributed by atoms with Crippen molar-refractivity contribution in [1.82, 2.24) is 15.4 Å². The monoisotopic (exact) mass is 369 g/mol. The molecule has 8 nitrogen and oxygen atoms in total. The summed E-state index contributed by atoms with van der Waals surface area (Å²) in [7, 11) is -3.73. The number of rotatable bonds is 7. The van der Waals surface area contributed by atoms with Gasteiger partial charge in [0.15, 0.2) is 0 Å². The van der Waals surface area contributed by atoms with E-state index >= 15 is 0 Å². The summed E-state index contributed by atoms with van der Waals surface area (Å²) in [6.45, 7) is 3.45. The number of carboxylic acids is 1. The first-order chi connectivity index (χ1) is 11.8. The van der Waals surface area contributed by atoms with E-state index in [0.29, 0.717) is 12.5 Å². The van der Waals surface area contributed by atoms with Gasteiger partial charge in [-0.2, -0.15) is 0 Å². The minimum Gasteiger partial charge on any atom is -0.480 e. The van der Waals surface area contributed by atoms with E-state index in [1.165, 1.54) is 31.2 Å². The third kappa shape index (κ3) is 5.52. The summed E-state index contributed by atoms with van der Waals surface area (Å²) in [6, 6.07) is 4.48. The topological polar surface area (TPSA) is 125 Å². The van der Waals surface area contributed by atoms with Crippen LogP contribution in [0.15, 0.2) is 29.2 Å². The molecule has 0 aromatic heterocycles. The fourth-order valence-corrected chi connectivity index (χ4v) is 3.70. The maximum absolute atomic E-state index is 12.4. The van der Waals surface area contributed by atoms with Gasteiger partial charge < -0.3 is 15.7 Å². The Labute approximate surface area is 147 Å². The molecule has 0 bridgehead atoms. The van der Waals surface area contributed by atoms with Crippen LogP contribution >= 0.6 is 0 Å². The molecule has 138 valence electrons. The zero-order valence-corrected chi connectivity index (χ0v) is 14.8. The van der Waals surface area contributed by atoms with Crippen molar-refractivity contribution < 1.29 is 23.1 Å². The van der Waals surface area contributed by atoms with E-state index in [-0.39, 0.29) is 10.5 Å². The molecule has 4 N–H and O–H groups in total. The third-order valence-electron chi connectivity index (χ3n) is 4.15. The number of carboxylic acid groups (broad SMARTS) is 1. The lowest BCUT2D eigenvalue weighted by Crippen LogP contribution is -2.38. The van der Waals surface area contributed by atoms with Gasteiger partial charge in [-0.1, -0.05) is 6.07 Å². The third-order valence-corrected chi connectivity index (χ3v) is 5.57. The summed E-state index contributed by atoms with van der Waals surface area (Å²) in [5.41, 5.74) is 0.0952. The number of benzene rings is 1. The lowest BCUT2D eigenvalue weighted by atomic mass is 9.99. The van der Waals surface area contributed by atoms with Crippen LogP contribution < -0.4 is 15.4 Å². The molecule has 1 fully saturated rings. The van der Waals surface area contributed by atoms with Crippen LogP contribution in [0.25, 0.3) is 0 Å². The van der Waals surface area contributed by atoms with Gasteiger partial charge in [-0.3, -0.25) is 9.59 Å². The van der Waals surface area contributed by atoms with E-state index in [0.717, 1.165) is 25.9 Å². The molecule has 0 spiro atoms. The number of carbonyl (C=O) groups is 2. The Morgan fingerprint density at radius 1 is 1.32 bits per heavy atom. The smallest absolute Gasteiger partial charge is 0.325 e. The van der Waals surface area contributed by atoms with Crippen LogP contribution in [0.1, 0.15) is 30.1 Å². The molecular weight excluding hydrogens is 346 g/mol. The Balaban J connectivity index is 2.05. The second-order valence-electron chi connectivity index (χ2n) is 6.11. The molecule has 1 aromatic rings. The number of hydrogen-bond acceptors (Lipinski definition) is 5. The first-order valence-electron chi connectivity index (χ1n) is 8.13. The van der Waals surface area contributed by atoms with Crippen molar-refractivity contribution in [2.24, 2.45) is 5.92 Å². The van der Waals surface area contributed by atoms with Gasteiger partial charge in [0, 0.05) is 12.1 Å². The number of amides is 1. The number of nitrogens with one attached hydrogen (secondary N) is 3. The van der Waals surface area contributed by atoms with Gasteiger partial charge in [-0.25, -0.2) is 13.1 Å². The molecule has 1 aromatic carbocycles. The van der Waals surface area contributed by atoms with Gasteiger partial charge in [-0.15, -0.1) is 0 Å². The summed E-state index contributed by atoms with van der Waals surface area (Å²) in [6.07, 6.45) is 1.83. The van der Waals surface area contributed by atoms with Crippen LogP contribution in [0.2, 0.25) is 0 Å². The Morgan fingerprint density at radius 3 is 2.64 bits per heavy atom. The van der Waals surface area contributed by atoms with Crippen molar-refractivity contribution in [3.05, 3.63) is 29.8 Å². The van der Waals surface area contributed by atoms with E-state index in [1.807, 2.05) is 0 Å². The lowest BCUT2D eigenvalue weighted by molar-refractivity contribution is -0.138.